The van der Waals surface area contributed by atoms with Crippen molar-refractivity contribution < 1.29 is 23.0 Å². The maximum atomic E-state index is 14.3. The number of carbonyl (C=O) groups is 1. The molecule has 0 fully saturated rings. The van der Waals surface area contributed by atoms with Crippen molar-refractivity contribution >= 4 is 16.7 Å². The lowest BCUT2D eigenvalue weighted by Gasteiger charge is -2.07. The Labute approximate surface area is 168 Å². The molecule has 0 unspecified atom stereocenters. The van der Waals surface area contributed by atoms with Gasteiger partial charge in [0.15, 0.2) is 11.6 Å². The molecule has 0 radical (unpaired) electrons. The van der Waals surface area contributed by atoms with E-state index < -0.39 is 17.6 Å². The van der Waals surface area contributed by atoms with Crippen LogP contribution in [0.1, 0.15) is 41.3 Å². The first-order valence-electron chi connectivity index (χ1n) is 9.28. The van der Waals surface area contributed by atoms with Crippen LogP contribution in [-0.4, -0.2) is 19.7 Å². The molecular formula is C24H20F2O3. The Morgan fingerprint density at radius 1 is 0.966 bits per heavy atom. The number of halogens is 2. The fourth-order valence-corrected chi connectivity index (χ4v) is 2.77. The Hall–Kier alpha value is -3.39. The predicted molar refractivity (Wildman–Crippen MR) is 108 cm³/mol. The summed E-state index contributed by atoms with van der Waals surface area (Å²) in [6.45, 7) is 2.33. The molecular weight excluding hydrogens is 374 g/mol. The molecule has 0 aliphatic heterocycles. The highest BCUT2D eigenvalue weighted by Crippen LogP contribution is 2.22. The van der Waals surface area contributed by atoms with Crippen molar-refractivity contribution in [3.63, 3.8) is 0 Å². The van der Waals surface area contributed by atoms with Crippen LogP contribution in [0.3, 0.4) is 0 Å². The molecule has 0 amide bonds. The fourth-order valence-electron chi connectivity index (χ4n) is 2.77. The summed E-state index contributed by atoms with van der Waals surface area (Å²) in [6, 6.07) is 12.6. The topological polar surface area (TPSA) is 35.5 Å². The van der Waals surface area contributed by atoms with Gasteiger partial charge in [-0.15, -0.1) is 0 Å². The molecule has 0 aromatic heterocycles. The highest BCUT2D eigenvalue weighted by atomic mass is 19.1. The van der Waals surface area contributed by atoms with Gasteiger partial charge >= 0.3 is 5.97 Å². The number of ether oxygens (including phenoxy) is 2. The molecule has 3 rings (SSSR count). The number of unbranched alkanes of at least 4 members (excludes halogenated alkanes) is 1. The minimum Gasteiger partial charge on any atom is -0.490 e. The number of carbonyl (C=O) groups excluding carboxylic acids is 1. The van der Waals surface area contributed by atoms with Crippen LogP contribution in [0.4, 0.5) is 8.78 Å². The first-order chi connectivity index (χ1) is 14.0. The zero-order chi connectivity index (χ0) is 20.8. The van der Waals surface area contributed by atoms with Crippen molar-refractivity contribution in [2.24, 2.45) is 0 Å². The second-order valence-electron chi connectivity index (χ2n) is 6.48. The minimum absolute atomic E-state index is 0.0357. The SMILES string of the molecule is CCCCOc1cc(F)c(C#Cc2ccc3cc(C(=O)OC)ccc3c2)cc1F. The summed E-state index contributed by atoms with van der Waals surface area (Å²) in [5.41, 5.74) is 1.07. The molecule has 0 saturated carbocycles. The Morgan fingerprint density at radius 2 is 1.72 bits per heavy atom. The van der Waals surface area contributed by atoms with Crippen LogP contribution in [0.5, 0.6) is 5.75 Å². The van der Waals surface area contributed by atoms with Gasteiger partial charge in [0.1, 0.15) is 5.82 Å². The summed E-state index contributed by atoms with van der Waals surface area (Å²) >= 11 is 0. The molecule has 0 spiro atoms. The number of benzene rings is 3. The molecule has 3 nitrogen and oxygen atoms in total. The van der Waals surface area contributed by atoms with Crippen LogP contribution in [0.2, 0.25) is 0 Å². The van der Waals surface area contributed by atoms with E-state index in [1.807, 2.05) is 19.1 Å². The van der Waals surface area contributed by atoms with E-state index in [0.717, 1.165) is 35.7 Å². The molecule has 3 aromatic carbocycles. The average Bonchev–Trinajstić information content (AvgIpc) is 2.74. The number of rotatable bonds is 5. The molecule has 0 heterocycles. The van der Waals surface area contributed by atoms with E-state index in [-0.39, 0.29) is 11.3 Å². The summed E-state index contributed by atoms with van der Waals surface area (Å²) < 4.78 is 38.4. The smallest absolute Gasteiger partial charge is 0.337 e. The van der Waals surface area contributed by atoms with E-state index in [1.54, 1.807) is 24.3 Å². The van der Waals surface area contributed by atoms with Crippen LogP contribution in [0.15, 0.2) is 48.5 Å². The van der Waals surface area contributed by atoms with Crippen LogP contribution in [-0.2, 0) is 4.74 Å². The number of fused-ring (bicyclic) bond motifs is 1. The molecule has 0 atom stereocenters. The first-order valence-corrected chi connectivity index (χ1v) is 9.28. The number of hydrogen-bond donors (Lipinski definition) is 0. The highest BCUT2D eigenvalue weighted by molar-refractivity contribution is 5.95. The van der Waals surface area contributed by atoms with Gasteiger partial charge in [0.2, 0.25) is 0 Å². The summed E-state index contributed by atoms with van der Waals surface area (Å²) in [6.07, 6.45) is 1.68. The number of hydrogen-bond acceptors (Lipinski definition) is 3. The summed E-state index contributed by atoms with van der Waals surface area (Å²) in [7, 11) is 1.33. The summed E-state index contributed by atoms with van der Waals surface area (Å²) in [4.78, 5) is 11.6. The van der Waals surface area contributed by atoms with Gasteiger partial charge in [0.25, 0.3) is 0 Å². The standard InChI is InChI=1S/C24H20F2O3/c1-3-4-11-29-23-15-21(25)19(14-22(23)26)8-6-16-5-7-18-13-20(24(27)28-2)10-9-17(18)12-16/h5,7,9-10,12-15H,3-4,11H2,1-2H3. The van der Waals surface area contributed by atoms with Crippen molar-refractivity contribution in [2.75, 3.05) is 13.7 Å². The summed E-state index contributed by atoms with van der Waals surface area (Å²) in [5.74, 6) is 3.75. The second-order valence-corrected chi connectivity index (χ2v) is 6.48. The van der Waals surface area contributed by atoms with E-state index in [2.05, 4.69) is 11.8 Å². The lowest BCUT2D eigenvalue weighted by Crippen LogP contribution is -2.00. The molecule has 0 saturated heterocycles. The predicted octanol–water partition coefficient (Wildman–Crippen LogP) is 5.48. The highest BCUT2D eigenvalue weighted by Gasteiger charge is 2.10. The molecule has 0 aliphatic carbocycles. The van der Waals surface area contributed by atoms with Crippen molar-refractivity contribution in [2.45, 2.75) is 19.8 Å². The third kappa shape index (κ3) is 4.91. The third-order valence-corrected chi connectivity index (χ3v) is 4.38. The van der Waals surface area contributed by atoms with Crippen LogP contribution < -0.4 is 4.74 Å². The molecule has 29 heavy (non-hydrogen) atoms. The van der Waals surface area contributed by atoms with Crippen molar-refractivity contribution in [3.8, 4) is 17.6 Å². The van der Waals surface area contributed by atoms with E-state index in [0.29, 0.717) is 17.7 Å². The van der Waals surface area contributed by atoms with Gasteiger partial charge in [-0.2, -0.15) is 0 Å². The van der Waals surface area contributed by atoms with E-state index >= 15 is 0 Å². The van der Waals surface area contributed by atoms with Crippen molar-refractivity contribution in [3.05, 3.63) is 76.9 Å². The first kappa shape index (κ1) is 20.3. The van der Waals surface area contributed by atoms with Crippen molar-refractivity contribution in [1.82, 2.24) is 0 Å². The lowest BCUT2D eigenvalue weighted by atomic mass is 10.0. The maximum absolute atomic E-state index is 14.3. The zero-order valence-electron chi connectivity index (χ0n) is 16.2. The molecule has 0 bridgehead atoms. The van der Waals surface area contributed by atoms with Crippen LogP contribution in [0.25, 0.3) is 10.8 Å². The molecule has 148 valence electrons. The Morgan fingerprint density at radius 3 is 2.48 bits per heavy atom. The van der Waals surface area contributed by atoms with Gasteiger partial charge in [-0.25, -0.2) is 13.6 Å². The maximum Gasteiger partial charge on any atom is 0.337 e. The monoisotopic (exact) mass is 394 g/mol. The van der Waals surface area contributed by atoms with Crippen LogP contribution in [0, 0.1) is 23.5 Å². The minimum atomic E-state index is -0.638. The number of esters is 1. The Balaban J connectivity index is 1.84. The van der Waals surface area contributed by atoms with Gasteiger partial charge < -0.3 is 9.47 Å². The molecule has 0 N–H and O–H groups in total. The number of methoxy groups -OCH3 is 1. The molecule has 0 aliphatic rings. The summed E-state index contributed by atoms with van der Waals surface area (Å²) in [5, 5.41) is 1.72. The van der Waals surface area contributed by atoms with E-state index in [9.17, 15) is 13.6 Å². The van der Waals surface area contributed by atoms with Gasteiger partial charge in [0.05, 0.1) is 24.8 Å². The lowest BCUT2D eigenvalue weighted by molar-refractivity contribution is 0.0601. The van der Waals surface area contributed by atoms with Gasteiger partial charge in [-0.3, -0.25) is 0 Å². The molecule has 5 heteroatoms. The Bertz CT molecular complexity index is 1110. The van der Waals surface area contributed by atoms with Gasteiger partial charge in [-0.1, -0.05) is 37.3 Å². The van der Waals surface area contributed by atoms with Crippen LogP contribution >= 0.6 is 0 Å². The quantitative estimate of drug-likeness (QED) is 0.326. The molecule has 3 aromatic rings. The second kappa shape index (κ2) is 9.20. The zero-order valence-corrected chi connectivity index (χ0v) is 16.2. The third-order valence-electron chi connectivity index (χ3n) is 4.38. The van der Waals surface area contributed by atoms with Crippen molar-refractivity contribution in [1.29, 1.82) is 0 Å². The Kier molecular flexibility index (Phi) is 6.46. The average molecular weight is 394 g/mol. The largest absolute Gasteiger partial charge is 0.490 e. The normalized spacial score (nSPS) is 10.3. The van der Waals surface area contributed by atoms with Gasteiger partial charge in [-0.05, 0) is 47.5 Å². The van der Waals surface area contributed by atoms with Gasteiger partial charge in [0, 0.05) is 11.6 Å². The van der Waals surface area contributed by atoms with E-state index in [1.165, 1.54) is 7.11 Å². The fraction of sp³-hybridized carbons (Fsp3) is 0.208. The van der Waals surface area contributed by atoms with E-state index in [4.69, 9.17) is 9.47 Å².